The van der Waals surface area contributed by atoms with Crippen LogP contribution < -0.4 is 10.1 Å². The zero-order valence-corrected chi connectivity index (χ0v) is 15.2. The Morgan fingerprint density at radius 3 is 2.40 bits per heavy atom. The van der Waals surface area contributed by atoms with Crippen LogP contribution in [0.2, 0.25) is 0 Å². The van der Waals surface area contributed by atoms with Crippen molar-refractivity contribution in [3.05, 3.63) is 56.9 Å². The van der Waals surface area contributed by atoms with E-state index in [0.29, 0.717) is 21.2 Å². The highest BCUT2D eigenvalue weighted by molar-refractivity contribution is 7.13. The van der Waals surface area contributed by atoms with Crippen LogP contribution in [-0.2, 0) is 4.74 Å². The summed E-state index contributed by atoms with van der Waals surface area (Å²) in [6.45, 7) is 0. The Labute approximate surface area is 152 Å². The van der Waals surface area contributed by atoms with Crippen molar-refractivity contribution >= 4 is 40.2 Å². The van der Waals surface area contributed by atoms with Crippen LogP contribution in [0, 0.1) is 0 Å². The summed E-state index contributed by atoms with van der Waals surface area (Å²) in [5, 5.41) is 6.57. The van der Waals surface area contributed by atoms with Gasteiger partial charge in [0.2, 0.25) is 0 Å². The van der Waals surface area contributed by atoms with Crippen LogP contribution in [0.3, 0.4) is 0 Å². The number of nitrogens with one attached hydrogen (secondary N) is 1. The number of anilines is 1. The molecule has 3 aromatic rings. The fourth-order valence-electron chi connectivity index (χ4n) is 2.32. The third-order valence-electron chi connectivity index (χ3n) is 3.52. The first kappa shape index (κ1) is 17.2. The fraction of sp³-hybridized carbons (Fsp3) is 0.111. The van der Waals surface area contributed by atoms with Crippen molar-refractivity contribution in [3.63, 3.8) is 0 Å². The van der Waals surface area contributed by atoms with Crippen molar-refractivity contribution in [2.75, 3.05) is 19.5 Å². The fourth-order valence-corrected chi connectivity index (χ4v) is 3.89. The summed E-state index contributed by atoms with van der Waals surface area (Å²) in [5.41, 5.74) is 2.39. The number of amides is 1. The van der Waals surface area contributed by atoms with Gasteiger partial charge in [-0.1, -0.05) is 18.2 Å². The highest BCUT2D eigenvalue weighted by Gasteiger charge is 2.20. The van der Waals surface area contributed by atoms with Gasteiger partial charge in [-0.2, -0.15) is 0 Å². The van der Waals surface area contributed by atoms with Crippen LogP contribution in [0.15, 0.2) is 47.2 Å². The number of carbonyl (C=O) groups excluding carboxylic acids is 2. The normalized spacial score (nSPS) is 10.3. The first-order valence-electron chi connectivity index (χ1n) is 7.33. The second kappa shape index (κ2) is 7.50. The van der Waals surface area contributed by atoms with Crippen LogP contribution in [0.25, 0.3) is 11.1 Å². The number of ether oxygens (including phenoxy) is 2. The summed E-state index contributed by atoms with van der Waals surface area (Å²) in [7, 11) is 2.86. The third kappa shape index (κ3) is 3.57. The summed E-state index contributed by atoms with van der Waals surface area (Å²) in [6.07, 6.45) is 0. The second-order valence-corrected chi connectivity index (χ2v) is 6.84. The maximum Gasteiger partial charge on any atom is 0.351 e. The lowest BCUT2D eigenvalue weighted by Gasteiger charge is -2.07. The standard InChI is InChI=1S/C18H15NO4S2/c1-22-15-13(10-25-16(15)18(21)23-2)11-5-7-12(8-6-11)19-17(20)14-4-3-9-24-14/h3-10H,1-2H3,(H,19,20). The molecule has 1 amide bonds. The number of rotatable bonds is 5. The largest absolute Gasteiger partial charge is 0.494 e. The van der Waals surface area contributed by atoms with Gasteiger partial charge in [-0.3, -0.25) is 4.79 Å². The summed E-state index contributed by atoms with van der Waals surface area (Å²) in [6, 6.07) is 11.0. The van der Waals surface area contributed by atoms with Gasteiger partial charge in [0, 0.05) is 16.6 Å². The Morgan fingerprint density at radius 2 is 1.80 bits per heavy atom. The quantitative estimate of drug-likeness (QED) is 0.668. The first-order valence-corrected chi connectivity index (χ1v) is 9.09. The minimum absolute atomic E-state index is 0.135. The molecule has 0 fully saturated rings. The molecule has 0 aliphatic rings. The summed E-state index contributed by atoms with van der Waals surface area (Å²) in [4.78, 5) is 24.9. The van der Waals surface area contributed by atoms with Gasteiger partial charge >= 0.3 is 5.97 Å². The number of hydrogen-bond acceptors (Lipinski definition) is 6. The Bertz CT molecular complexity index is 882. The van der Waals surface area contributed by atoms with E-state index in [1.54, 1.807) is 6.07 Å². The van der Waals surface area contributed by atoms with Gasteiger partial charge in [0.05, 0.1) is 19.1 Å². The molecule has 0 bridgehead atoms. The SMILES string of the molecule is COC(=O)c1scc(-c2ccc(NC(=O)c3cccs3)cc2)c1OC. The molecule has 0 spiro atoms. The van der Waals surface area contributed by atoms with E-state index in [1.807, 2.05) is 41.1 Å². The smallest absolute Gasteiger partial charge is 0.351 e. The highest BCUT2D eigenvalue weighted by Crippen LogP contribution is 2.39. The number of thiophene rings is 2. The molecule has 0 unspecified atom stereocenters. The molecule has 0 saturated heterocycles. The molecule has 3 rings (SSSR count). The maximum absolute atomic E-state index is 12.1. The lowest BCUT2D eigenvalue weighted by molar-refractivity contribution is 0.0603. The van der Waals surface area contributed by atoms with Crippen molar-refractivity contribution in [1.29, 1.82) is 0 Å². The highest BCUT2D eigenvalue weighted by atomic mass is 32.1. The van der Waals surface area contributed by atoms with Crippen LogP contribution in [0.4, 0.5) is 5.69 Å². The zero-order chi connectivity index (χ0) is 17.8. The minimum atomic E-state index is -0.423. The number of benzene rings is 1. The van der Waals surface area contributed by atoms with Crippen LogP contribution in [0.5, 0.6) is 5.75 Å². The molecule has 1 aromatic carbocycles. The molecule has 25 heavy (non-hydrogen) atoms. The maximum atomic E-state index is 12.1. The number of carbonyl (C=O) groups is 2. The van der Waals surface area contributed by atoms with Gasteiger partial charge in [0.15, 0.2) is 10.6 Å². The molecule has 7 heteroatoms. The Morgan fingerprint density at radius 1 is 1.04 bits per heavy atom. The molecule has 0 radical (unpaired) electrons. The van der Waals surface area contributed by atoms with E-state index in [0.717, 1.165) is 11.1 Å². The van der Waals surface area contributed by atoms with Gasteiger partial charge in [0.1, 0.15) is 0 Å². The monoisotopic (exact) mass is 373 g/mol. The molecule has 0 aliphatic heterocycles. The van der Waals surface area contributed by atoms with E-state index in [2.05, 4.69) is 5.32 Å². The number of hydrogen-bond donors (Lipinski definition) is 1. The second-order valence-electron chi connectivity index (χ2n) is 5.01. The van der Waals surface area contributed by atoms with Crippen molar-refractivity contribution in [3.8, 4) is 16.9 Å². The Kier molecular flexibility index (Phi) is 5.16. The molecular formula is C18H15NO4S2. The molecule has 0 aliphatic carbocycles. The van der Waals surface area contributed by atoms with Gasteiger partial charge in [0.25, 0.3) is 5.91 Å². The average molecular weight is 373 g/mol. The number of esters is 1. The predicted molar refractivity (Wildman–Crippen MR) is 99.9 cm³/mol. The molecule has 1 N–H and O–H groups in total. The lowest BCUT2D eigenvalue weighted by Crippen LogP contribution is -2.09. The van der Waals surface area contributed by atoms with Crippen molar-refractivity contribution in [2.45, 2.75) is 0 Å². The Hall–Kier alpha value is -2.64. The first-order chi connectivity index (χ1) is 12.1. The van der Waals surface area contributed by atoms with E-state index < -0.39 is 5.97 Å². The molecule has 0 atom stereocenters. The lowest BCUT2D eigenvalue weighted by atomic mass is 10.1. The predicted octanol–water partition coefficient (Wildman–Crippen LogP) is 4.52. The molecule has 2 aromatic heterocycles. The van der Waals surface area contributed by atoms with E-state index in [4.69, 9.17) is 9.47 Å². The van der Waals surface area contributed by atoms with E-state index in [-0.39, 0.29) is 5.91 Å². The van der Waals surface area contributed by atoms with Crippen molar-refractivity contribution < 1.29 is 19.1 Å². The number of methoxy groups -OCH3 is 2. The molecule has 0 saturated carbocycles. The zero-order valence-electron chi connectivity index (χ0n) is 13.6. The van der Waals surface area contributed by atoms with Gasteiger partial charge < -0.3 is 14.8 Å². The molecule has 128 valence electrons. The van der Waals surface area contributed by atoms with Crippen molar-refractivity contribution in [1.82, 2.24) is 0 Å². The van der Waals surface area contributed by atoms with Crippen LogP contribution in [0.1, 0.15) is 19.3 Å². The van der Waals surface area contributed by atoms with Crippen LogP contribution in [-0.4, -0.2) is 26.1 Å². The third-order valence-corrected chi connectivity index (χ3v) is 5.33. The van der Waals surface area contributed by atoms with E-state index in [1.165, 1.54) is 36.9 Å². The summed E-state index contributed by atoms with van der Waals surface area (Å²) < 4.78 is 10.2. The van der Waals surface area contributed by atoms with Gasteiger partial charge in [-0.25, -0.2) is 4.79 Å². The molecule has 5 nitrogen and oxygen atoms in total. The van der Waals surface area contributed by atoms with Gasteiger partial charge in [-0.15, -0.1) is 22.7 Å². The van der Waals surface area contributed by atoms with Crippen LogP contribution >= 0.6 is 22.7 Å². The van der Waals surface area contributed by atoms with Crippen molar-refractivity contribution in [2.24, 2.45) is 0 Å². The summed E-state index contributed by atoms with van der Waals surface area (Å²) in [5.74, 6) is -0.0657. The molecule has 2 heterocycles. The van der Waals surface area contributed by atoms with E-state index in [9.17, 15) is 9.59 Å². The summed E-state index contributed by atoms with van der Waals surface area (Å²) >= 11 is 2.67. The van der Waals surface area contributed by atoms with Gasteiger partial charge in [-0.05, 0) is 29.1 Å². The van der Waals surface area contributed by atoms with E-state index >= 15 is 0 Å². The average Bonchev–Trinajstić information content (AvgIpc) is 3.31. The topological polar surface area (TPSA) is 64.6 Å². The minimum Gasteiger partial charge on any atom is -0.494 e. The Balaban J connectivity index is 1.82. The molecular weight excluding hydrogens is 358 g/mol.